The summed E-state index contributed by atoms with van der Waals surface area (Å²) in [4.78, 5) is 0. The number of anilines is 1. The minimum atomic E-state index is -3.78. The molecule has 0 radical (unpaired) electrons. The summed E-state index contributed by atoms with van der Waals surface area (Å²) in [6.45, 7) is 1.58. The fraction of sp³-hybridized carbons (Fsp3) is 0.222. The molecular formula is C9H9FN2O2S. The molecule has 0 aromatic heterocycles. The maximum atomic E-state index is 13.2. The number of aryl methyl sites for hydroxylation is 1. The summed E-state index contributed by atoms with van der Waals surface area (Å²) >= 11 is 0. The number of hydrogen-bond acceptors (Lipinski definition) is 3. The van der Waals surface area contributed by atoms with Gasteiger partial charge in [-0.25, -0.2) is 12.8 Å². The van der Waals surface area contributed by atoms with Crippen molar-refractivity contribution in [3.63, 3.8) is 0 Å². The molecule has 15 heavy (non-hydrogen) atoms. The van der Waals surface area contributed by atoms with Gasteiger partial charge < -0.3 is 0 Å². The van der Waals surface area contributed by atoms with Crippen LogP contribution >= 0.6 is 0 Å². The summed E-state index contributed by atoms with van der Waals surface area (Å²) in [5, 5.41) is 8.26. The van der Waals surface area contributed by atoms with Crippen molar-refractivity contribution in [3.8, 4) is 6.07 Å². The lowest BCUT2D eigenvalue weighted by molar-refractivity contribution is 0.601. The zero-order valence-corrected chi connectivity index (χ0v) is 8.81. The molecule has 80 valence electrons. The Hall–Kier alpha value is -1.61. The summed E-state index contributed by atoms with van der Waals surface area (Å²) < 4.78 is 37.6. The zero-order valence-electron chi connectivity index (χ0n) is 7.99. The molecule has 4 nitrogen and oxygen atoms in total. The molecule has 0 saturated heterocycles. The van der Waals surface area contributed by atoms with Crippen LogP contribution in [0, 0.1) is 24.1 Å². The van der Waals surface area contributed by atoms with Crippen molar-refractivity contribution in [1.82, 2.24) is 0 Å². The Morgan fingerprint density at radius 1 is 1.53 bits per heavy atom. The monoisotopic (exact) mass is 228 g/mol. The van der Waals surface area contributed by atoms with Crippen LogP contribution in [-0.2, 0) is 10.0 Å². The van der Waals surface area contributed by atoms with E-state index in [0.717, 1.165) is 6.07 Å². The van der Waals surface area contributed by atoms with Gasteiger partial charge >= 0.3 is 0 Å². The van der Waals surface area contributed by atoms with Gasteiger partial charge in [0.2, 0.25) is 10.0 Å². The summed E-state index contributed by atoms with van der Waals surface area (Å²) in [6.07, 6.45) is 0. The number of hydrogen-bond donors (Lipinski definition) is 1. The van der Waals surface area contributed by atoms with Crippen LogP contribution in [-0.4, -0.2) is 14.2 Å². The number of benzene rings is 1. The molecule has 0 atom stereocenters. The van der Waals surface area contributed by atoms with E-state index in [1.165, 1.54) is 12.1 Å². The van der Waals surface area contributed by atoms with E-state index in [1.807, 2.05) is 4.72 Å². The highest BCUT2D eigenvalue weighted by atomic mass is 32.2. The number of nitrogens with zero attached hydrogens (tertiary/aromatic N) is 1. The van der Waals surface area contributed by atoms with E-state index in [4.69, 9.17) is 5.26 Å². The van der Waals surface area contributed by atoms with Crippen molar-refractivity contribution in [2.45, 2.75) is 6.92 Å². The van der Waals surface area contributed by atoms with E-state index in [2.05, 4.69) is 0 Å². The van der Waals surface area contributed by atoms with Gasteiger partial charge in [0.25, 0.3) is 0 Å². The number of halogens is 1. The first-order valence-electron chi connectivity index (χ1n) is 4.09. The van der Waals surface area contributed by atoms with Crippen molar-refractivity contribution in [2.24, 2.45) is 0 Å². The van der Waals surface area contributed by atoms with E-state index in [1.54, 1.807) is 13.0 Å². The first-order valence-corrected chi connectivity index (χ1v) is 5.74. The molecule has 0 spiro atoms. The lowest BCUT2D eigenvalue weighted by Gasteiger charge is -2.08. The van der Waals surface area contributed by atoms with E-state index in [-0.39, 0.29) is 5.69 Å². The second-order valence-corrected chi connectivity index (χ2v) is 4.67. The highest BCUT2D eigenvalue weighted by molar-refractivity contribution is 7.92. The predicted octanol–water partition coefficient (Wildman–Crippen LogP) is 1.40. The average molecular weight is 228 g/mol. The van der Waals surface area contributed by atoms with Gasteiger partial charge in [-0.3, -0.25) is 4.72 Å². The molecular weight excluding hydrogens is 219 g/mol. The van der Waals surface area contributed by atoms with Crippen LogP contribution in [0.2, 0.25) is 0 Å². The van der Waals surface area contributed by atoms with E-state index in [9.17, 15) is 12.8 Å². The van der Waals surface area contributed by atoms with Crippen molar-refractivity contribution in [3.05, 3.63) is 29.6 Å². The molecule has 0 heterocycles. The van der Waals surface area contributed by atoms with Crippen molar-refractivity contribution < 1.29 is 12.8 Å². The number of nitriles is 1. The zero-order chi connectivity index (χ0) is 11.5. The van der Waals surface area contributed by atoms with Crippen LogP contribution in [0.5, 0.6) is 0 Å². The Labute approximate surface area is 87.4 Å². The Balaban J connectivity index is 3.06. The van der Waals surface area contributed by atoms with Crippen LogP contribution < -0.4 is 4.72 Å². The molecule has 0 saturated carbocycles. The normalized spacial score (nSPS) is 10.7. The average Bonchev–Trinajstić information content (AvgIpc) is 2.11. The Morgan fingerprint density at radius 3 is 2.73 bits per heavy atom. The van der Waals surface area contributed by atoms with Crippen LogP contribution in [0.1, 0.15) is 5.56 Å². The smallest absolute Gasteiger partial charge is 0.246 e. The van der Waals surface area contributed by atoms with Gasteiger partial charge in [-0.15, -0.1) is 0 Å². The second kappa shape index (κ2) is 4.28. The van der Waals surface area contributed by atoms with Crippen molar-refractivity contribution in [2.75, 3.05) is 10.5 Å². The van der Waals surface area contributed by atoms with Gasteiger partial charge in [-0.2, -0.15) is 5.26 Å². The van der Waals surface area contributed by atoms with E-state index in [0.29, 0.717) is 5.56 Å². The molecule has 0 bridgehead atoms. The lowest BCUT2D eigenvalue weighted by Crippen LogP contribution is -2.17. The Bertz CT molecular complexity index is 485. The fourth-order valence-corrected chi connectivity index (χ4v) is 1.85. The topological polar surface area (TPSA) is 70.0 Å². The summed E-state index contributed by atoms with van der Waals surface area (Å²) in [6, 6.07) is 5.70. The maximum Gasteiger partial charge on any atom is 0.246 e. The van der Waals surface area contributed by atoms with E-state index >= 15 is 0 Å². The van der Waals surface area contributed by atoms with Gasteiger partial charge in [0.05, 0.1) is 11.8 Å². The minimum Gasteiger partial charge on any atom is -0.279 e. The van der Waals surface area contributed by atoms with Gasteiger partial charge in [0.15, 0.2) is 5.75 Å². The SMILES string of the molecule is Cc1cccc(F)c1NS(=O)(=O)CC#N. The standard InChI is InChI=1S/C9H9FN2O2S/c1-7-3-2-4-8(10)9(7)12-15(13,14)6-5-11/h2-4,12H,6H2,1H3. The predicted molar refractivity (Wildman–Crippen MR) is 54.2 cm³/mol. The number of para-hydroxylation sites is 1. The van der Waals surface area contributed by atoms with Crippen LogP contribution in [0.3, 0.4) is 0 Å². The third kappa shape index (κ3) is 2.92. The summed E-state index contributed by atoms with van der Waals surface area (Å²) in [7, 11) is -3.78. The van der Waals surface area contributed by atoms with E-state index < -0.39 is 21.6 Å². The van der Waals surface area contributed by atoms with Crippen molar-refractivity contribution >= 4 is 15.7 Å². The number of sulfonamides is 1. The first kappa shape index (κ1) is 11.5. The number of rotatable bonds is 3. The van der Waals surface area contributed by atoms with Gasteiger partial charge in [0, 0.05) is 0 Å². The summed E-state index contributed by atoms with van der Waals surface area (Å²) in [5.74, 6) is -1.35. The molecule has 0 aliphatic carbocycles. The molecule has 6 heteroatoms. The molecule has 0 aliphatic heterocycles. The second-order valence-electron chi connectivity index (χ2n) is 2.95. The van der Waals surface area contributed by atoms with Gasteiger partial charge in [-0.1, -0.05) is 12.1 Å². The quantitative estimate of drug-likeness (QED) is 0.850. The third-order valence-electron chi connectivity index (χ3n) is 1.73. The van der Waals surface area contributed by atoms with Crippen LogP contribution in [0.25, 0.3) is 0 Å². The highest BCUT2D eigenvalue weighted by Crippen LogP contribution is 2.19. The Morgan fingerprint density at radius 2 is 2.20 bits per heavy atom. The molecule has 1 aromatic carbocycles. The molecule has 1 rings (SSSR count). The fourth-order valence-electron chi connectivity index (χ4n) is 1.04. The molecule has 0 unspecified atom stereocenters. The lowest BCUT2D eigenvalue weighted by atomic mass is 10.2. The Kier molecular flexibility index (Phi) is 3.27. The summed E-state index contributed by atoms with van der Waals surface area (Å²) in [5.41, 5.74) is 0.365. The molecule has 0 amide bonds. The van der Waals surface area contributed by atoms with Gasteiger partial charge in [0.1, 0.15) is 5.82 Å². The minimum absolute atomic E-state index is 0.104. The third-order valence-corrected chi connectivity index (χ3v) is 2.76. The van der Waals surface area contributed by atoms with Crippen LogP contribution in [0.4, 0.5) is 10.1 Å². The van der Waals surface area contributed by atoms with Crippen molar-refractivity contribution in [1.29, 1.82) is 5.26 Å². The molecule has 1 N–H and O–H groups in total. The van der Waals surface area contributed by atoms with Gasteiger partial charge in [-0.05, 0) is 18.6 Å². The number of nitrogens with one attached hydrogen (secondary N) is 1. The molecule has 1 aromatic rings. The highest BCUT2D eigenvalue weighted by Gasteiger charge is 2.13. The van der Waals surface area contributed by atoms with Crippen LogP contribution in [0.15, 0.2) is 18.2 Å². The largest absolute Gasteiger partial charge is 0.279 e. The molecule has 0 aliphatic rings. The first-order chi connectivity index (χ1) is 6.96. The maximum absolute atomic E-state index is 13.2. The molecule has 0 fully saturated rings.